The fourth-order valence-corrected chi connectivity index (χ4v) is 4.02. The summed E-state index contributed by atoms with van der Waals surface area (Å²) in [6.45, 7) is 12.1. The van der Waals surface area contributed by atoms with E-state index in [0.717, 1.165) is 41.4 Å². The van der Waals surface area contributed by atoms with E-state index >= 15 is 0 Å². The van der Waals surface area contributed by atoms with Gasteiger partial charge in [-0.1, -0.05) is 39.0 Å². The summed E-state index contributed by atoms with van der Waals surface area (Å²) in [5.41, 5.74) is 3.12. The molecule has 0 fully saturated rings. The number of hydrogen-bond acceptors (Lipinski definition) is 4. The summed E-state index contributed by atoms with van der Waals surface area (Å²) in [7, 11) is 0. The van der Waals surface area contributed by atoms with Gasteiger partial charge in [-0.15, -0.1) is 0 Å². The predicted molar refractivity (Wildman–Crippen MR) is 115 cm³/mol. The monoisotopic (exact) mass is 396 g/mol. The molecule has 1 aliphatic rings. The molecule has 1 aromatic heterocycles. The highest BCUT2D eigenvalue weighted by atomic mass is 16.5. The van der Waals surface area contributed by atoms with Crippen LogP contribution in [0.2, 0.25) is 0 Å². The van der Waals surface area contributed by atoms with Crippen LogP contribution in [0.4, 0.5) is 0 Å². The summed E-state index contributed by atoms with van der Waals surface area (Å²) in [5.74, 6) is -0.280. The summed E-state index contributed by atoms with van der Waals surface area (Å²) in [4.78, 5) is 30.1. The second kappa shape index (κ2) is 7.77. The molecule has 1 atom stereocenters. The van der Waals surface area contributed by atoms with Gasteiger partial charge in [0.2, 0.25) is 0 Å². The van der Waals surface area contributed by atoms with E-state index in [2.05, 4.69) is 26.1 Å². The van der Waals surface area contributed by atoms with Gasteiger partial charge in [-0.05, 0) is 63.0 Å². The number of ether oxygens (including phenoxy) is 1. The van der Waals surface area contributed by atoms with Crippen molar-refractivity contribution in [3.8, 4) is 0 Å². The lowest BCUT2D eigenvalue weighted by molar-refractivity contribution is -0.125. The molecule has 1 aliphatic carbocycles. The first-order chi connectivity index (χ1) is 13.5. The smallest absolute Gasteiger partial charge is 0.339 e. The Balaban J connectivity index is 1.95. The number of amides is 1. The molecule has 1 heterocycles. The normalized spacial score (nSPS) is 17.0. The molecule has 1 amide bonds. The highest BCUT2D eigenvalue weighted by Gasteiger charge is 2.33. The first-order valence-corrected chi connectivity index (χ1v) is 10.3. The fraction of sp³-hybridized carbons (Fsp3) is 0.542. The molecule has 5 nitrogen and oxygen atoms in total. The quantitative estimate of drug-likeness (QED) is 0.778. The average Bonchev–Trinajstić information content (AvgIpc) is 2.61. The lowest BCUT2D eigenvalue weighted by Gasteiger charge is -2.35. The van der Waals surface area contributed by atoms with Crippen molar-refractivity contribution in [1.82, 2.24) is 10.3 Å². The molecule has 29 heavy (non-hydrogen) atoms. The van der Waals surface area contributed by atoms with Gasteiger partial charge in [-0.2, -0.15) is 0 Å². The van der Waals surface area contributed by atoms with Crippen molar-refractivity contribution < 1.29 is 14.3 Å². The molecule has 1 aromatic carbocycles. The summed E-state index contributed by atoms with van der Waals surface area (Å²) in [6.07, 6.45) is 2.71. The highest BCUT2D eigenvalue weighted by Crippen LogP contribution is 2.39. The fourth-order valence-electron chi connectivity index (χ4n) is 4.02. The van der Waals surface area contributed by atoms with Gasteiger partial charge in [-0.25, -0.2) is 4.79 Å². The van der Waals surface area contributed by atoms with Crippen LogP contribution in [-0.2, 0) is 22.4 Å². The standard InChI is InChI=1S/C24H32N2O3/c1-23(2,3)15-11-12-19-17(13-15)21(16-9-7-8-10-18(16)25-19)22(28)29-14-20(27)26-24(4,5)6/h7-10,15H,11-14H2,1-6H3,(H,26,27)/t15-/m0/s1. The number of aryl methyl sites for hydroxylation is 1. The van der Waals surface area contributed by atoms with Crippen LogP contribution in [0.15, 0.2) is 24.3 Å². The Morgan fingerprint density at radius 3 is 2.48 bits per heavy atom. The molecule has 0 saturated heterocycles. The molecule has 0 spiro atoms. The first kappa shape index (κ1) is 21.3. The Bertz CT molecular complexity index is 936. The molecule has 0 radical (unpaired) electrons. The van der Waals surface area contributed by atoms with Gasteiger partial charge in [0.1, 0.15) is 0 Å². The number of benzene rings is 1. The maximum absolute atomic E-state index is 13.1. The Morgan fingerprint density at radius 2 is 1.83 bits per heavy atom. The molecule has 0 saturated carbocycles. The zero-order valence-electron chi connectivity index (χ0n) is 18.4. The Kier molecular flexibility index (Phi) is 5.70. The number of carbonyl (C=O) groups is 2. The number of rotatable bonds is 3. The van der Waals surface area contributed by atoms with Crippen LogP contribution < -0.4 is 5.32 Å². The van der Waals surface area contributed by atoms with Crippen molar-refractivity contribution in [3.05, 3.63) is 41.1 Å². The summed E-state index contributed by atoms with van der Waals surface area (Å²) in [6, 6.07) is 7.67. The number of nitrogens with one attached hydrogen (secondary N) is 1. The Hall–Kier alpha value is -2.43. The molecule has 5 heteroatoms. The van der Waals surface area contributed by atoms with Crippen LogP contribution in [-0.4, -0.2) is 29.0 Å². The largest absolute Gasteiger partial charge is 0.452 e. The lowest BCUT2D eigenvalue weighted by atomic mass is 9.70. The molecule has 0 aliphatic heterocycles. The predicted octanol–water partition coefficient (Wildman–Crippen LogP) is 4.46. The van der Waals surface area contributed by atoms with Crippen molar-refractivity contribution in [2.45, 2.75) is 66.3 Å². The van der Waals surface area contributed by atoms with E-state index < -0.39 is 5.97 Å². The lowest BCUT2D eigenvalue weighted by Crippen LogP contribution is -2.42. The second-order valence-corrected chi connectivity index (χ2v) is 10.1. The maximum Gasteiger partial charge on any atom is 0.339 e. The van der Waals surface area contributed by atoms with Crippen molar-refractivity contribution in [2.75, 3.05) is 6.61 Å². The minimum Gasteiger partial charge on any atom is -0.452 e. The number of pyridine rings is 1. The zero-order chi connectivity index (χ0) is 21.4. The summed E-state index contributed by atoms with van der Waals surface area (Å²) >= 11 is 0. The molecular formula is C24H32N2O3. The van der Waals surface area contributed by atoms with E-state index in [1.54, 1.807) is 0 Å². The van der Waals surface area contributed by atoms with Crippen LogP contribution in [0.5, 0.6) is 0 Å². The first-order valence-electron chi connectivity index (χ1n) is 10.3. The number of aromatic nitrogens is 1. The molecule has 2 aromatic rings. The summed E-state index contributed by atoms with van der Waals surface area (Å²) < 4.78 is 5.45. The van der Waals surface area contributed by atoms with Crippen LogP contribution in [0, 0.1) is 11.3 Å². The third kappa shape index (κ3) is 4.95. The van der Waals surface area contributed by atoms with Crippen molar-refractivity contribution >= 4 is 22.8 Å². The average molecular weight is 397 g/mol. The van der Waals surface area contributed by atoms with E-state index in [-0.39, 0.29) is 23.5 Å². The number of carbonyl (C=O) groups excluding carboxylic acids is 2. The van der Waals surface area contributed by atoms with Crippen molar-refractivity contribution in [2.24, 2.45) is 11.3 Å². The third-order valence-corrected chi connectivity index (χ3v) is 5.54. The highest BCUT2D eigenvalue weighted by molar-refractivity contribution is 6.05. The van der Waals surface area contributed by atoms with E-state index in [1.165, 1.54) is 0 Å². The van der Waals surface area contributed by atoms with Crippen LogP contribution in [0.25, 0.3) is 10.9 Å². The van der Waals surface area contributed by atoms with E-state index in [0.29, 0.717) is 11.5 Å². The van der Waals surface area contributed by atoms with Gasteiger partial charge in [0, 0.05) is 16.6 Å². The van der Waals surface area contributed by atoms with Crippen LogP contribution in [0.3, 0.4) is 0 Å². The van der Waals surface area contributed by atoms with Gasteiger partial charge < -0.3 is 10.1 Å². The third-order valence-electron chi connectivity index (χ3n) is 5.54. The van der Waals surface area contributed by atoms with Gasteiger partial charge in [0.15, 0.2) is 6.61 Å². The zero-order valence-corrected chi connectivity index (χ0v) is 18.4. The van der Waals surface area contributed by atoms with Crippen molar-refractivity contribution in [1.29, 1.82) is 0 Å². The number of hydrogen-bond donors (Lipinski definition) is 1. The second-order valence-electron chi connectivity index (χ2n) is 10.1. The van der Waals surface area contributed by atoms with E-state index in [9.17, 15) is 9.59 Å². The number of fused-ring (bicyclic) bond motifs is 2. The Morgan fingerprint density at radius 1 is 1.14 bits per heavy atom. The van der Waals surface area contributed by atoms with Gasteiger partial charge in [0.05, 0.1) is 11.1 Å². The number of esters is 1. The van der Waals surface area contributed by atoms with Crippen LogP contribution >= 0.6 is 0 Å². The minimum atomic E-state index is -0.446. The maximum atomic E-state index is 13.1. The SMILES string of the molecule is CC(C)(C)NC(=O)COC(=O)c1c2c(nc3ccccc13)CC[C@H](C(C)(C)C)C2. The molecule has 1 N–H and O–H groups in total. The van der Waals surface area contributed by atoms with Gasteiger partial charge in [-0.3, -0.25) is 9.78 Å². The molecule has 0 bridgehead atoms. The molecule has 3 rings (SSSR count). The molecule has 0 unspecified atom stereocenters. The topological polar surface area (TPSA) is 68.3 Å². The van der Waals surface area contributed by atoms with Gasteiger partial charge in [0.25, 0.3) is 5.91 Å². The Labute approximate surface area is 173 Å². The van der Waals surface area contributed by atoms with E-state index in [4.69, 9.17) is 9.72 Å². The minimum absolute atomic E-state index is 0.150. The van der Waals surface area contributed by atoms with Gasteiger partial charge >= 0.3 is 5.97 Å². The van der Waals surface area contributed by atoms with E-state index in [1.807, 2.05) is 45.0 Å². The summed E-state index contributed by atoms with van der Waals surface area (Å²) in [5, 5.41) is 3.62. The van der Waals surface area contributed by atoms with Crippen molar-refractivity contribution in [3.63, 3.8) is 0 Å². The number of nitrogens with zero attached hydrogens (tertiary/aromatic N) is 1. The number of para-hydroxylation sites is 1. The molecular weight excluding hydrogens is 364 g/mol. The van der Waals surface area contributed by atoms with Crippen LogP contribution in [0.1, 0.15) is 69.6 Å². The molecule has 156 valence electrons.